The summed E-state index contributed by atoms with van der Waals surface area (Å²) in [5.74, 6) is 2.86. The Morgan fingerprint density at radius 3 is 2.23 bits per heavy atom. The van der Waals surface area contributed by atoms with Crippen LogP contribution in [0.2, 0.25) is 0 Å². The van der Waals surface area contributed by atoms with Crippen molar-refractivity contribution >= 4 is 5.78 Å². The van der Waals surface area contributed by atoms with Gasteiger partial charge in [0.1, 0.15) is 0 Å². The molecule has 0 aromatic heterocycles. The maximum Gasteiger partial charge on any atom is 0.162 e. The molecule has 4 heteroatoms. The fourth-order valence-electron chi connectivity index (χ4n) is 4.05. The SMILES string of the molecule is CCC(=O)c1ccc(C(CCCN(C)CCc2ccc(OC)c(OC)c2)C(C)C)cc1. The molecular formula is C27H39NO3. The molecule has 1 atom stereocenters. The Labute approximate surface area is 188 Å². The number of hydrogen-bond acceptors (Lipinski definition) is 4. The molecule has 0 radical (unpaired) electrons. The molecule has 2 aromatic rings. The van der Waals surface area contributed by atoms with E-state index in [4.69, 9.17) is 9.47 Å². The van der Waals surface area contributed by atoms with Gasteiger partial charge in [0, 0.05) is 18.5 Å². The Morgan fingerprint density at radius 2 is 1.65 bits per heavy atom. The van der Waals surface area contributed by atoms with Crippen LogP contribution in [0.3, 0.4) is 0 Å². The zero-order chi connectivity index (χ0) is 22.8. The second-order valence-corrected chi connectivity index (χ2v) is 8.63. The third-order valence-corrected chi connectivity index (χ3v) is 6.07. The van der Waals surface area contributed by atoms with Crippen molar-refractivity contribution < 1.29 is 14.3 Å². The molecule has 2 aromatic carbocycles. The molecule has 31 heavy (non-hydrogen) atoms. The van der Waals surface area contributed by atoms with Gasteiger partial charge in [0.25, 0.3) is 0 Å². The third kappa shape index (κ3) is 7.39. The lowest BCUT2D eigenvalue weighted by atomic mass is 9.84. The van der Waals surface area contributed by atoms with E-state index >= 15 is 0 Å². The van der Waals surface area contributed by atoms with Gasteiger partial charge in [-0.2, -0.15) is 0 Å². The van der Waals surface area contributed by atoms with Crippen molar-refractivity contribution in [1.29, 1.82) is 0 Å². The summed E-state index contributed by atoms with van der Waals surface area (Å²) < 4.78 is 10.7. The van der Waals surface area contributed by atoms with Crippen LogP contribution in [-0.2, 0) is 6.42 Å². The summed E-state index contributed by atoms with van der Waals surface area (Å²) in [7, 11) is 5.53. The molecule has 4 nitrogen and oxygen atoms in total. The van der Waals surface area contributed by atoms with Gasteiger partial charge < -0.3 is 14.4 Å². The summed E-state index contributed by atoms with van der Waals surface area (Å²) in [6.07, 6.45) is 3.85. The van der Waals surface area contributed by atoms with Gasteiger partial charge in [-0.15, -0.1) is 0 Å². The number of benzene rings is 2. The lowest BCUT2D eigenvalue weighted by Gasteiger charge is -2.23. The van der Waals surface area contributed by atoms with Crippen molar-refractivity contribution in [2.24, 2.45) is 5.92 Å². The number of Topliss-reactive ketones (excluding diaryl/α,β-unsaturated/α-hetero) is 1. The van der Waals surface area contributed by atoms with E-state index in [9.17, 15) is 4.79 Å². The Morgan fingerprint density at radius 1 is 0.968 bits per heavy atom. The van der Waals surface area contributed by atoms with Crippen molar-refractivity contribution in [3.8, 4) is 11.5 Å². The van der Waals surface area contributed by atoms with Crippen LogP contribution in [0.15, 0.2) is 42.5 Å². The Hall–Kier alpha value is -2.33. The molecule has 0 bridgehead atoms. The Bertz CT molecular complexity index is 814. The fraction of sp³-hybridized carbons (Fsp3) is 0.519. The molecule has 0 saturated carbocycles. The minimum atomic E-state index is 0.212. The van der Waals surface area contributed by atoms with Crippen LogP contribution in [0.5, 0.6) is 11.5 Å². The van der Waals surface area contributed by atoms with Crippen molar-refractivity contribution in [2.45, 2.75) is 52.4 Å². The number of hydrogen-bond donors (Lipinski definition) is 0. The van der Waals surface area contributed by atoms with Crippen LogP contribution in [0.1, 0.15) is 67.4 Å². The number of ether oxygens (including phenoxy) is 2. The van der Waals surface area contributed by atoms with Crippen molar-refractivity contribution in [2.75, 3.05) is 34.4 Å². The van der Waals surface area contributed by atoms with E-state index in [0.717, 1.165) is 49.4 Å². The number of likely N-dealkylation sites (N-methyl/N-ethyl adjacent to an activating group) is 1. The molecule has 0 heterocycles. The quantitative estimate of drug-likeness (QED) is 0.370. The van der Waals surface area contributed by atoms with Crippen LogP contribution in [0.25, 0.3) is 0 Å². The third-order valence-electron chi connectivity index (χ3n) is 6.07. The van der Waals surface area contributed by atoms with Gasteiger partial charge in [0.2, 0.25) is 0 Å². The van der Waals surface area contributed by atoms with Gasteiger partial charge >= 0.3 is 0 Å². The number of nitrogens with zero attached hydrogens (tertiary/aromatic N) is 1. The average molecular weight is 426 g/mol. The van der Waals surface area contributed by atoms with Crippen LogP contribution in [-0.4, -0.2) is 45.0 Å². The summed E-state index contributed by atoms with van der Waals surface area (Å²) in [5.41, 5.74) is 3.42. The Kier molecular flexibility index (Phi) is 10.1. The normalized spacial score (nSPS) is 12.3. The lowest BCUT2D eigenvalue weighted by Crippen LogP contribution is -2.23. The number of ketones is 1. The molecule has 0 aliphatic heterocycles. The Balaban J connectivity index is 1.85. The topological polar surface area (TPSA) is 38.8 Å². The molecule has 0 aliphatic rings. The van der Waals surface area contributed by atoms with Gasteiger partial charge in [-0.3, -0.25) is 4.79 Å². The second-order valence-electron chi connectivity index (χ2n) is 8.63. The molecule has 0 fully saturated rings. The maximum atomic E-state index is 11.9. The molecule has 0 spiro atoms. The summed E-state index contributed by atoms with van der Waals surface area (Å²) >= 11 is 0. The van der Waals surface area contributed by atoms with E-state index in [-0.39, 0.29) is 5.78 Å². The van der Waals surface area contributed by atoms with Crippen LogP contribution in [0.4, 0.5) is 0 Å². The van der Waals surface area contributed by atoms with E-state index in [1.165, 1.54) is 11.1 Å². The van der Waals surface area contributed by atoms with Crippen molar-refractivity contribution in [3.05, 3.63) is 59.2 Å². The first-order valence-corrected chi connectivity index (χ1v) is 11.4. The smallest absolute Gasteiger partial charge is 0.162 e. The van der Waals surface area contributed by atoms with Crippen LogP contribution >= 0.6 is 0 Å². The summed E-state index contributed by atoms with van der Waals surface area (Å²) in [4.78, 5) is 14.3. The first-order chi connectivity index (χ1) is 14.9. The molecule has 0 aliphatic carbocycles. The number of carbonyl (C=O) groups excluding carboxylic acids is 1. The molecule has 170 valence electrons. The van der Waals surface area contributed by atoms with Crippen LogP contribution in [0, 0.1) is 5.92 Å². The fourth-order valence-corrected chi connectivity index (χ4v) is 4.05. The lowest BCUT2D eigenvalue weighted by molar-refractivity contribution is 0.0988. The van der Waals surface area contributed by atoms with Gasteiger partial charge in [-0.25, -0.2) is 0 Å². The molecule has 1 unspecified atom stereocenters. The van der Waals surface area contributed by atoms with Crippen molar-refractivity contribution in [3.63, 3.8) is 0 Å². The number of rotatable bonds is 13. The first kappa shape index (κ1) is 24.9. The standard InChI is InChI=1S/C27H39NO3/c1-7-25(29)23-13-11-22(12-14-23)24(20(2)3)9-8-17-28(4)18-16-21-10-15-26(30-5)27(19-21)31-6/h10-15,19-20,24H,7-9,16-18H2,1-6H3. The minimum Gasteiger partial charge on any atom is -0.493 e. The van der Waals surface area contributed by atoms with E-state index in [2.05, 4.69) is 50.1 Å². The van der Waals surface area contributed by atoms with E-state index in [1.54, 1.807) is 14.2 Å². The summed E-state index contributed by atoms with van der Waals surface area (Å²) in [6.45, 7) is 8.57. The number of carbonyl (C=O) groups is 1. The predicted molar refractivity (Wildman–Crippen MR) is 129 cm³/mol. The largest absolute Gasteiger partial charge is 0.493 e. The highest BCUT2D eigenvalue weighted by molar-refractivity contribution is 5.95. The second kappa shape index (κ2) is 12.5. The molecule has 0 saturated heterocycles. The van der Waals surface area contributed by atoms with Gasteiger partial charge in [-0.05, 0) is 68.0 Å². The highest BCUT2D eigenvalue weighted by Gasteiger charge is 2.16. The minimum absolute atomic E-state index is 0.212. The van der Waals surface area contributed by atoms with Gasteiger partial charge in [-0.1, -0.05) is 51.1 Å². The zero-order valence-electron chi connectivity index (χ0n) is 20.1. The highest BCUT2D eigenvalue weighted by atomic mass is 16.5. The first-order valence-electron chi connectivity index (χ1n) is 11.4. The average Bonchev–Trinajstić information content (AvgIpc) is 2.79. The zero-order valence-corrected chi connectivity index (χ0v) is 20.1. The monoisotopic (exact) mass is 425 g/mol. The maximum absolute atomic E-state index is 11.9. The summed E-state index contributed by atoms with van der Waals surface area (Å²) in [5, 5.41) is 0. The molecule has 0 N–H and O–H groups in total. The molecule has 0 amide bonds. The van der Waals surface area contributed by atoms with Crippen LogP contribution < -0.4 is 9.47 Å². The van der Waals surface area contributed by atoms with E-state index in [1.807, 2.05) is 25.1 Å². The van der Waals surface area contributed by atoms with Gasteiger partial charge in [0.15, 0.2) is 17.3 Å². The highest BCUT2D eigenvalue weighted by Crippen LogP contribution is 2.30. The van der Waals surface area contributed by atoms with E-state index < -0.39 is 0 Å². The molecule has 2 rings (SSSR count). The van der Waals surface area contributed by atoms with E-state index in [0.29, 0.717) is 18.3 Å². The van der Waals surface area contributed by atoms with Gasteiger partial charge in [0.05, 0.1) is 14.2 Å². The number of methoxy groups -OCH3 is 2. The van der Waals surface area contributed by atoms with Crippen molar-refractivity contribution in [1.82, 2.24) is 4.90 Å². The molecular weight excluding hydrogens is 386 g/mol. The predicted octanol–water partition coefficient (Wildman–Crippen LogP) is 5.99. The summed E-state index contributed by atoms with van der Waals surface area (Å²) in [6, 6.07) is 14.4.